The highest BCUT2D eigenvalue weighted by Gasteiger charge is 2.06. The van der Waals surface area contributed by atoms with E-state index in [1.165, 1.54) is 0 Å². The summed E-state index contributed by atoms with van der Waals surface area (Å²) >= 11 is 1.59. The topological polar surface area (TPSA) is 62.2 Å². The smallest absolute Gasteiger partial charge is 0.224 e. The molecule has 0 fully saturated rings. The van der Waals surface area contributed by atoms with E-state index in [1.54, 1.807) is 35.6 Å². The molecular weight excluding hydrogens is 284 g/mol. The van der Waals surface area contributed by atoms with Crippen molar-refractivity contribution in [3.05, 3.63) is 59.1 Å². The second-order valence-electron chi connectivity index (χ2n) is 4.70. The molecule has 2 aromatic carbocycles. The van der Waals surface area contributed by atoms with Crippen molar-refractivity contribution in [1.29, 1.82) is 0 Å². The third-order valence-corrected chi connectivity index (χ3v) is 4.11. The van der Waals surface area contributed by atoms with Crippen LogP contribution in [0.4, 0.5) is 0 Å². The lowest BCUT2D eigenvalue weighted by Crippen LogP contribution is -2.24. The summed E-state index contributed by atoms with van der Waals surface area (Å²) in [7, 11) is 0. The summed E-state index contributed by atoms with van der Waals surface area (Å²) in [5, 5.41) is 13.0. The van der Waals surface area contributed by atoms with Gasteiger partial charge in [0.15, 0.2) is 0 Å². The maximum atomic E-state index is 11.9. The lowest BCUT2D eigenvalue weighted by atomic mass is 10.1. The maximum absolute atomic E-state index is 11.9. The number of fused-ring (bicyclic) bond motifs is 1. The first-order chi connectivity index (χ1) is 10.2. The van der Waals surface area contributed by atoms with Gasteiger partial charge in [-0.2, -0.15) is 0 Å². The number of thiazole rings is 1. The molecule has 0 radical (unpaired) electrons. The lowest BCUT2D eigenvalue weighted by Gasteiger charge is -2.03. The number of nitrogens with zero attached hydrogens (tertiary/aromatic N) is 1. The van der Waals surface area contributed by atoms with Gasteiger partial charge < -0.3 is 10.4 Å². The number of aromatic hydroxyl groups is 1. The van der Waals surface area contributed by atoms with Gasteiger partial charge in [-0.15, -0.1) is 11.3 Å². The van der Waals surface area contributed by atoms with Gasteiger partial charge in [-0.25, -0.2) is 4.98 Å². The fourth-order valence-electron chi connectivity index (χ4n) is 2.03. The van der Waals surface area contributed by atoms with E-state index in [9.17, 15) is 9.90 Å². The van der Waals surface area contributed by atoms with Crippen molar-refractivity contribution in [3.8, 4) is 5.75 Å². The van der Waals surface area contributed by atoms with Gasteiger partial charge in [0, 0.05) is 0 Å². The number of rotatable bonds is 4. The molecule has 0 saturated carbocycles. The van der Waals surface area contributed by atoms with E-state index in [1.807, 2.05) is 24.3 Å². The van der Waals surface area contributed by atoms with E-state index in [4.69, 9.17) is 0 Å². The molecule has 0 spiro atoms. The van der Waals surface area contributed by atoms with Crippen molar-refractivity contribution >= 4 is 27.5 Å². The number of amides is 1. The Morgan fingerprint density at radius 3 is 2.67 bits per heavy atom. The lowest BCUT2D eigenvalue weighted by molar-refractivity contribution is -0.120. The molecule has 21 heavy (non-hydrogen) atoms. The number of benzene rings is 2. The molecule has 0 bridgehead atoms. The predicted molar refractivity (Wildman–Crippen MR) is 83.3 cm³/mol. The summed E-state index contributed by atoms with van der Waals surface area (Å²) in [5.41, 5.74) is 1.83. The SMILES string of the molecule is O=C(Cc1ccc(O)cc1)NCc1nc2ccccc2s1. The number of hydrogen-bond acceptors (Lipinski definition) is 4. The van der Waals surface area contributed by atoms with Gasteiger partial charge in [0.05, 0.1) is 23.2 Å². The number of para-hydroxylation sites is 1. The Bertz CT molecular complexity index is 732. The Morgan fingerprint density at radius 1 is 1.14 bits per heavy atom. The zero-order valence-electron chi connectivity index (χ0n) is 11.2. The standard InChI is InChI=1S/C16H14N2O2S/c19-12-7-5-11(6-8-12)9-15(20)17-10-16-18-13-3-1-2-4-14(13)21-16/h1-8,19H,9-10H2,(H,17,20). The molecular formula is C16H14N2O2S. The van der Waals surface area contributed by atoms with Crippen LogP contribution in [0.5, 0.6) is 5.75 Å². The molecule has 0 unspecified atom stereocenters. The Balaban J connectivity index is 1.59. The van der Waals surface area contributed by atoms with Crippen LogP contribution in [0.1, 0.15) is 10.6 Å². The molecule has 0 aliphatic heterocycles. The summed E-state index contributed by atoms with van der Waals surface area (Å²) in [6.45, 7) is 0.441. The Kier molecular flexibility index (Phi) is 3.83. The van der Waals surface area contributed by atoms with Crippen LogP contribution in [0.15, 0.2) is 48.5 Å². The van der Waals surface area contributed by atoms with E-state index >= 15 is 0 Å². The van der Waals surface area contributed by atoms with Crippen LogP contribution in [0, 0.1) is 0 Å². The first-order valence-electron chi connectivity index (χ1n) is 6.60. The van der Waals surface area contributed by atoms with Gasteiger partial charge >= 0.3 is 0 Å². The number of carbonyl (C=O) groups is 1. The predicted octanol–water partition coefficient (Wildman–Crippen LogP) is 2.86. The van der Waals surface area contributed by atoms with Crippen molar-refractivity contribution in [2.45, 2.75) is 13.0 Å². The van der Waals surface area contributed by atoms with E-state index < -0.39 is 0 Å². The molecule has 5 heteroatoms. The first-order valence-corrected chi connectivity index (χ1v) is 7.41. The number of aromatic nitrogens is 1. The molecule has 0 aliphatic carbocycles. The average molecular weight is 298 g/mol. The van der Waals surface area contributed by atoms with Crippen LogP contribution < -0.4 is 5.32 Å². The van der Waals surface area contributed by atoms with Crippen molar-refractivity contribution < 1.29 is 9.90 Å². The summed E-state index contributed by atoms with van der Waals surface area (Å²) in [5.74, 6) is 0.147. The summed E-state index contributed by atoms with van der Waals surface area (Å²) in [4.78, 5) is 16.4. The molecule has 4 nitrogen and oxygen atoms in total. The van der Waals surface area contributed by atoms with Crippen molar-refractivity contribution in [2.75, 3.05) is 0 Å². The molecule has 3 aromatic rings. The quantitative estimate of drug-likeness (QED) is 0.778. The second-order valence-corrected chi connectivity index (χ2v) is 5.81. The monoisotopic (exact) mass is 298 g/mol. The Labute approximate surface area is 126 Å². The molecule has 1 amide bonds. The van der Waals surface area contributed by atoms with E-state index in [2.05, 4.69) is 10.3 Å². The highest BCUT2D eigenvalue weighted by Crippen LogP contribution is 2.21. The number of nitrogens with one attached hydrogen (secondary N) is 1. The van der Waals surface area contributed by atoms with Crippen LogP contribution in [0.25, 0.3) is 10.2 Å². The van der Waals surface area contributed by atoms with Crippen LogP contribution in [0.2, 0.25) is 0 Å². The van der Waals surface area contributed by atoms with Gasteiger partial charge in [0.2, 0.25) is 5.91 Å². The maximum Gasteiger partial charge on any atom is 0.224 e. The molecule has 0 atom stereocenters. The molecule has 2 N–H and O–H groups in total. The van der Waals surface area contributed by atoms with Gasteiger partial charge in [-0.3, -0.25) is 4.79 Å². The van der Waals surface area contributed by atoms with E-state index in [0.29, 0.717) is 13.0 Å². The zero-order chi connectivity index (χ0) is 14.7. The van der Waals surface area contributed by atoms with Crippen LogP contribution >= 0.6 is 11.3 Å². The molecule has 1 heterocycles. The molecule has 3 rings (SSSR count). The van der Waals surface area contributed by atoms with E-state index in [0.717, 1.165) is 20.8 Å². The Morgan fingerprint density at radius 2 is 1.90 bits per heavy atom. The molecule has 0 aliphatic rings. The minimum absolute atomic E-state index is 0.0556. The fraction of sp³-hybridized carbons (Fsp3) is 0.125. The summed E-state index contributed by atoms with van der Waals surface area (Å²) in [6.07, 6.45) is 0.297. The minimum atomic E-state index is -0.0556. The third-order valence-electron chi connectivity index (χ3n) is 3.08. The fourth-order valence-corrected chi connectivity index (χ4v) is 2.94. The summed E-state index contributed by atoms with van der Waals surface area (Å²) < 4.78 is 1.13. The average Bonchev–Trinajstić information content (AvgIpc) is 2.90. The number of hydrogen-bond donors (Lipinski definition) is 2. The van der Waals surface area contributed by atoms with Crippen LogP contribution in [0.3, 0.4) is 0 Å². The van der Waals surface area contributed by atoms with Gasteiger partial charge in [0.25, 0.3) is 0 Å². The van der Waals surface area contributed by atoms with Crippen molar-refractivity contribution in [3.63, 3.8) is 0 Å². The third kappa shape index (κ3) is 3.38. The van der Waals surface area contributed by atoms with Crippen LogP contribution in [-0.2, 0) is 17.8 Å². The van der Waals surface area contributed by atoms with E-state index in [-0.39, 0.29) is 11.7 Å². The normalized spacial score (nSPS) is 10.7. The molecule has 0 saturated heterocycles. The highest BCUT2D eigenvalue weighted by molar-refractivity contribution is 7.18. The first kappa shape index (κ1) is 13.6. The van der Waals surface area contributed by atoms with Crippen molar-refractivity contribution in [1.82, 2.24) is 10.3 Å². The van der Waals surface area contributed by atoms with Crippen molar-refractivity contribution in [2.24, 2.45) is 0 Å². The van der Waals surface area contributed by atoms with Crippen LogP contribution in [-0.4, -0.2) is 16.0 Å². The van der Waals surface area contributed by atoms with Gasteiger partial charge in [0.1, 0.15) is 10.8 Å². The number of phenolic OH excluding ortho intramolecular Hbond substituents is 1. The number of carbonyl (C=O) groups excluding carboxylic acids is 1. The molecule has 106 valence electrons. The number of phenols is 1. The van der Waals surface area contributed by atoms with Gasteiger partial charge in [-0.1, -0.05) is 24.3 Å². The largest absolute Gasteiger partial charge is 0.508 e. The molecule has 1 aromatic heterocycles. The Hall–Kier alpha value is -2.40. The minimum Gasteiger partial charge on any atom is -0.508 e. The summed E-state index contributed by atoms with van der Waals surface area (Å²) in [6, 6.07) is 14.6. The second kappa shape index (κ2) is 5.93. The van der Waals surface area contributed by atoms with Gasteiger partial charge in [-0.05, 0) is 29.8 Å². The highest BCUT2D eigenvalue weighted by atomic mass is 32.1. The zero-order valence-corrected chi connectivity index (χ0v) is 12.1.